The molecule has 0 N–H and O–H groups in total. The van der Waals surface area contributed by atoms with E-state index in [-0.39, 0.29) is 11.8 Å². The smallest absolute Gasteiger partial charge is 0.115 e. The molecule has 4 heteroatoms. The molecule has 3 aromatic heterocycles. The lowest BCUT2D eigenvalue weighted by molar-refractivity contribution is 0.698. The predicted molar refractivity (Wildman–Crippen MR) is 90.0 cm³/mol. The molecule has 7 rings (SSSR count). The average Bonchev–Trinajstić information content (AvgIpc) is 3.06. The topological polar surface area (TPSA) is 38.7 Å². The summed E-state index contributed by atoms with van der Waals surface area (Å²) in [6, 6.07) is 8.92. The fraction of sp³-hybridized carbons (Fsp3) is 0.105. The zero-order chi connectivity index (χ0) is 15.0. The summed E-state index contributed by atoms with van der Waals surface area (Å²) in [6.07, 6.45) is 5.53. The summed E-state index contributed by atoms with van der Waals surface area (Å²) < 4.78 is 0. The summed E-state index contributed by atoms with van der Waals surface area (Å²) >= 11 is 1.76. The number of aromatic nitrogens is 3. The molecule has 0 amide bonds. The molecule has 2 unspecified atom stereocenters. The molecule has 3 aliphatic rings. The highest BCUT2D eigenvalue weighted by Gasteiger charge is 2.43. The molecule has 0 spiro atoms. The second-order valence-corrected chi connectivity index (χ2v) is 6.93. The maximum absolute atomic E-state index is 4.71. The van der Waals surface area contributed by atoms with Crippen LogP contribution in [0.1, 0.15) is 45.5 Å². The molecule has 3 heterocycles. The highest BCUT2D eigenvalue weighted by molar-refractivity contribution is 7.09. The summed E-state index contributed by atoms with van der Waals surface area (Å²) in [5, 5.41) is 7.09. The number of thiophene rings is 1. The van der Waals surface area contributed by atoms with Crippen molar-refractivity contribution >= 4 is 22.1 Å². The molecule has 2 atom stereocenters. The Kier molecular flexibility index (Phi) is 2.09. The van der Waals surface area contributed by atoms with Gasteiger partial charge in [0.1, 0.15) is 6.33 Å². The molecule has 0 fully saturated rings. The van der Waals surface area contributed by atoms with E-state index >= 15 is 0 Å². The molecule has 0 saturated heterocycles. The van der Waals surface area contributed by atoms with Gasteiger partial charge >= 0.3 is 0 Å². The van der Waals surface area contributed by atoms with Gasteiger partial charge in [-0.2, -0.15) is 11.3 Å². The molecule has 3 aliphatic carbocycles. The number of nitrogens with zero attached hydrogens (tertiary/aromatic N) is 3. The van der Waals surface area contributed by atoms with Crippen LogP contribution in [0.3, 0.4) is 0 Å². The summed E-state index contributed by atoms with van der Waals surface area (Å²) in [5.74, 6) is 0.340. The Hall–Kier alpha value is -2.59. The lowest BCUT2D eigenvalue weighted by atomic mass is 9.64. The van der Waals surface area contributed by atoms with Crippen molar-refractivity contribution in [2.24, 2.45) is 0 Å². The van der Waals surface area contributed by atoms with Crippen LogP contribution in [0.25, 0.3) is 10.8 Å². The molecule has 0 aliphatic heterocycles. The van der Waals surface area contributed by atoms with Gasteiger partial charge in [0, 0.05) is 18.0 Å². The highest BCUT2D eigenvalue weighted by Crippen LogP contribution is 2.54. The molecule has 4 aromatic rings. The number of hydrogen-bond acceptors (Lipinski definition) is 4. The van der Waals surface area contributed by atoms with Crippen LogP contribution in [0.4, 0.5) is 0 Å². The Balaban J connectivity index is 1.78. The van der Waals surface area contributed by atoms with Crippen molar-refractivity contribution in [1.82, 2.24) is 15.0 Å². The first-order valence-corrected chi connectivity index (χ1v) is 8.60. The van der Waals surface area contributed by atoms with E-state index in [1.54, 1.807) is 17.7 Å². The molecule has 0 saturated carbocycles. The van der Waals surface area contributed by atoms with Crippen molar-refractivity contribution in [3.05, 3.63) is 87.4 Å². The van der Waals surface area contributed by atoms with Crippen LogP contribution >= 0.6 is 11.3 Å². The van der Waals surface area contributed by atoms with Gasteiger partial charge < -0.3 is 0 Å². The van der Waals surface area contributed by atoms with Gasteiger partial charge in [0.05, 0.1) is 23.2 Å². The minimum atomic E-state index is 0.159. The summed E-state index contributed by atoms with van der Waals surface area (Å²) in [7, 11) is 0. The van der Waals surface area contributed by atoms with Crippen LogP contribution in [-0.4, -0.2) is 15.0 Å². The molecule has 2 bridgehead atoms. The van der Waals surface area contributed by atoms with Crippen molar-refractivity contribution in [1.29, 1.82) is 0 Å². The van der Waals surface area contributed by atoms with E-state index in [0.717, 1.165) is 5.69 Å². The van der Waals surface area contributed by atoms with Gasteiger partial charge in [0.2, 0.25) is 0 Å². The molecule has 108 valence electrons. The average molecular weight is 313 g/mol. The Morgan fingerprint density at radius 1 is 0.826 bits per heavy atom. The van der Waals surface area contributed by atoms with E-state index in [1.165, 1.54) is 38.7 Å². The number of hydrogen-bond donors (Lipinski definition) is 0. The van der Waals surface area contributed by atoms with Gasteiger partial charge in [-0.1, -0.05) is 6.07 Å². The predicted octanol–water partition coefficient (Wildman–Crippen LogP) is 4.07. The van der Waals surface area contributed by atoms with E-state index in [9.17, 15) is 0 Å². The van der Waals surface area contributed by atoms with Crippen molar-refractivity contribution in [2.45, 2.75) is 11.8 Å². The quantitative estimate of drug-likeness (QED) is 0.424. The number of fused-ring (bicyclic) bond motifs is 1. The largest absolute Gasteiger partial charge is 0.260 e. The van der Waals surface area contributed by atoms with Crippen molar-refractivity contribution in [3.8, 4) is 0 Å². The van der Waals surface area contributed by atoms with Crippen molar-refractivity contribution < 1.29 is 0 Å². The fourth-order valence-electron chi connectivity index (χ4n) is 4.21. The monoisotopic (exact) mass is 313 g/mol. The summed E-state index contributed by atoms with van der Waals surface area (Å²) in [5.41, 5.74) is 7.58. The second kappa shape index (κ2) is 4.03. The SMILES string of the molecule is c1cnc2c(c1)C1c3cc4cscc4cc3C2c2cncnc21. The third kappa shape index (κ3) is 1.38. The van der Waals surface area contributed by atoms with Crippen molar-refractivity contribution in [3.63, 3.8) is 0 Å². The third-order valence-corrected chi connectivity index (χ3v) is 5.89. The third-order valence-electron chi connectivity index (χ3n) is 5.11. The van der Waals surface area contributed by atoms with Gasteiger partial charge in [-0.15, -0.1) is 0 Å². The van der Waals surface area contributed by atoms with Crippen LogP contribution in [0.5, 0.6) is 0 Å². The van der Waals surface area contributed by atoms with E-state index in [0.29, 0.717) is 0 Å². The molecule has 3 nitrogen and oxygen atoms in total. The Morgan fingerprint density at radius 2 is 1.57 bits per heavy atom. The summed E-state index contributed by atoms with van der Waals surface area (Å²) in [4.78, 5) is 13.6. The normalized spacial score (nSPS) is 20.2. The zero-order valence-electron chi connectivity index (χ0n) is 12.1. The lowest BCUT2D eigenvalue weighted by Gasteiger charge is -2.40. The molecular formula is C19H11N3S. The van der Waals surface area contributed by atoms with E-state index in [4.69, 9.17) is 4.98 Å². The van der Waals surface area contributed by atoms with E-state index < -0.39 is 0 Å². The zero-order valence-corrected chi connectivity index (χ0v) is 12.9. The Labute approximate surface area is 136 Å². The first kappa shape index (κ1) is 11.9. The minimum absolute atomic E-state index is 0.159. The van der Waals surface area contributed by atoms with Crippen LogP contribution in [-0.2, 0) is 0 Å². The van der Waals surface area contributed by atoms with Gasteiger partial charge in [-0.3, -0.25) is 4.98 Å². The van der Waals surface area contributed by atoms with Gasteiger partial charge in [-0.25, -0.2) is 9.97 Å². The highest BCUT2D eigenvalue weighted by atomic mass is 32.1. The molecular weight excluding hydrogens is 302 g/mol. The number of benzene rings is 1. The molecule has 0 radical (unpaired) electrons. The first-order valence-electron chi connectivity index (χ1n) is 7.66. The van der Waals surface area contributed by atoms with Crippen LogP contribution in [0.15, 0.2) is 53.7 Å². The number of rotatable bonds is 0. The van der Waals surface area contributed by atoms with Crippen molar-refractivity contribution in [2.75, 3.05) is 0 Å². The van der Waals surface area contributed by atoms with E-state index in [2.05, 4.69) is 38.9 Å². The maximum atomic E-state index is 4.71. The lowest BCUT2D eigenvalue weighted by Crippen LogP contribution is -2.29. The maximum Gasteiger partial charge on any atom is 0.115 e. The first-order chi connectivity index (χ1) is 11.4. The number of pyridine rings is 1. The summed E-state index contributed by atoms with van der Waals surface area (Å²) in [6.45, 7) is 0. The molecule has 23 heavy (non-hydrogen) atoms. The van der Waals surface area contributed by atoms with Crippen LogP contribution in [0.2, 0.25) is 0 Å². The van der Waals surface area contributed by atoms with Gasteiger partial charge in [0.15, 0.2) is 0 Å². The van der Waals surface area contributed by atoms with Gasteiger partial charge in [0.25, 0.3) is 0 Å². The van der Waals surface area contributed by atoms with E-state index in [1.807, 2.05) is 18.5 Å². The fourth-order valence-corrected chi connectivity index (χ4v) is 4.98. The standard InChI is InChI=1S/C19H11N3S/c1-2-12-16-13-4-10-7-23-8-11(10)5-14(13)17(18(12)21-3-1)15-6-20-9-22-19(15)16/h1-9,16-17H. The van der Waals surface area contributed by atoms with Crippen LogP contribution in [0, 0.1) is 0 Å². The Bertz CT molecular complexity index is 967. The minimum Gasteiger partial charge on any atom is -0.260 e. The van der Waals surface area contributed by atoms with Crippen LogP contribution < -0.4 is 0 Å². The second-order valence-electron chi connectivity index (χ2n) is 6.19. The van der Waals surface area contributed by atoms with Gasteiger partial charge in [-0.05, 0) is 56.4 Å². The molecule has 1 aromatic carbocycles. The Morgan fingerprint density at radius 3 is 2.39 bits per heavy atom.